The van der Waals surface area contributed by atoms with Crippen molar-refractivity contribution in [3.63, 3.8) is 0 Å². The minimum atomic E-state index is -0.609. The molecule has 0 unspecified atom stereocenters. The van der Waals surface area contributed by atoms with Crippen molar-refractivity contribution in [2.45, 2.75) is 26.9 Å². The van der Waals surface area contributed by atoms with Gasteiger partial charge in [0.2, 0.25) is 0 Å². The molecular weight excluding hydrogens is 584 g/mol. The summed E-state index contributed by atoms with van der Waals surface area (Å²) < 4.78 is 12.6. The Morgan fingerprint density at radius 3 is 2.62 bits per heavy atom. The average Bonchev–Trinajstić information content (AvgIpc) is 2.77. The van der Waals surface area contributed by atoms with Gasteiger partial charge in [-0.25, -0.2) is 0 Å². The normalized spacial score (nSPS) is 15.9. The molecule has 9 heteroatoms. The molecule has 0 saturated carbocycles. The number of imide groups is 1. The lowest BCUT2D eigenvalue weighted by Crippen LogP contribution is -2.35. The van der Waals surface area contributed by atoms with Gasteiger partial charge in [-0.2, -0.15) is 0 Å². The van der Waals surface area contributed by atoms with E-state index in [9.17, 15) is 14.4 Å². The Balaban J connectivity index is 2.29. The summed E-state index contributed by atoms with van der Waals surface area (Å²) >= 11 is 5.16. The highest BCUT2D eigenvalue weighted by Gasteiger charge is 2.37. The first-order valence-electron chi connectivity index (χ1n) is 7.79. The minimum absolute atomic E-state index is 0.256. The van der Waals surface area contributed by atoms with Gasteiger partial charge in [0.15, 0.2) is 0 Å². The maximum Gasteiger partial charge on any atom is 0.326 e. The van der Waals surface area contributed by atoms with E-state index >= 15 is 0 Å². The van der Waals surface area contributed by atoms with Crippen LogP contribution >= 0.6 is 56.9 Å². The van der Waals surface area contributed by atoms with Crippen LogP contribution < -0.4 is 4.74 Å². The number of rotatable bonds is 6. The maximum atomic E-state index is 12.5. The van der Waals surface area contributed by atoms with Gasteiger partial charge >= 0.3 is 5.97 Å². The molecule has 0 spiro atoms. The number of nitrogens with zero attached hydrogens (tertiary/aromatic N) is 1. The molecule has 1 aromatic rings. The van der Waals surface area contributed by atoms with Crippen LogP contribution in [0.1, 0.15) is 26.3 Å². The van der Waals surface area contributed by atoms with E-state index in [1.807, 2.05) is 19.1 Å². The van der Waals surface area contributed by atoms with Gasteiger partial charge in [0.05, 0.1) is 21.2 Å². The Labute approximate surface area is 183 Å². The standard InChI is InChI=1S/C17H17I2NO5S/c1-4-24-15-10(5-11(18)7-12(15)19)6-13-16(22)20(17(23)26-13)8-14(21)25-9(2)3/h5-7,9H,4,8H2,1-3H3/b13-6+. The summed E-state index contributed by atoms with van der Waals surface area (Å²) in [5.41, 5.74) is 0.721. The molecule has 0 aromatic heterocycles. The summed E-state index contributed by atoms with van der Waals surface area (Å²) in [6.07, 6.45) is 1.33. The highest BCUT2D eigenvalue weighted by atomic mass is 127. The van der Waals surface area contributed by atoms with E-state index in [4.69, 9.17) is 9.47 Å². The summed E-state index contributed by atoms with van der Waals surface area (Å²) in [5, 5.41) is -0.486. The lowest BCUT2D eigenvalue weighted by atomic mass is 10.2. The third-order valence-corrected chi connectivity index (χ3v) is 5.47. The van der Waals surface area contributed by atoms with E-state index in [1.54, 1.807) is 19.9 Å². The Bertz CT molecular complexity index is 779. The highest BCUT2D eigenvalue weighted by molar-refractivity contribution is 14.1. The zero-order chi connectivity index (χ0) is 19.4. The smallest absolute Gasteiger partial charge is 0.326 e. The third-order valence-electron chi connectivity index (χ3n) is 3.14. The SMILES string of the molecule is CCOc1c(I)cc(I)cc1/C=C1/SC(=O)N(CC(=O)OC(C)C)C1=O. The van der Waals surface area contributed by atoms with Crippen molar-refractivity contribution in [3.8, 4) is 5.75 Å². The number of carbonyl (C=O) groups excluding carboxylic acids is 3. The van der Waals surface area contributed by atoms with Crippen molar-refractivity contribution in [1.29, 1.82) is 0 Å². The molecule has 1 heterocycles. The van der Waals surface area contributed by atoms with E-state index in [2.05, 4.69) is 45.2 Å². The quantitative estimate of drug-likeness (QED) is 0.276. The van der Waals surface area contributed by atoms with Gasteiger partial charge < -0.3 is 9.47 Å². The van der Waals surface area contributed by atoms with E-state index in [0.717, 1.165) is 29.4 Å². The van der Waals surface area contributed by atoms with Gasteiger partial charge in [0.25, 0.3) is 11.1 Å². The number of carbonyl (C=O) groups is 3. The van der Waals surface area contributed by atoms with Crippen LogP contribution in [0.15, 0.2) is 17.0 Å². The molecule has 1 saturated heterocycles. The summed E-state index contributed by atoms with van der Waals surface area (Å²) in [6, 6.07) is 3.85. The second kappa shape index (κ2) is 9.40. The molecule has 140 valence electrons. The molecule has 2 amide bonds. The first-order valence-corrected chi connectivity index (χ1v) is 10.8. The summed E-state index contributed by atoms with van der Waals surface area (Å²) in [6.45, 7) is 5.40. The van der Waals surface area contributed by atoms with E-state index in [-0.39, 0.29) is 17.6 Å². The second-order valence-electron chi connectivity index (χ2n) is 5.55. The topological polar surface area (TPSA) is 72.9 Å². The predicted octanol–water partition coefficient (Wildman–Crippen LogP) is 4.28. The fourth-order valence-electron chi connectivity index (χ4n) is 2.19. The van der Waals surface area contributed by atoms with Crippen molar-refractivity contribution >= 4 is 80.1 Å². The molecule has 1 aromatic carbocycles. The molecule has 1 aliphatic heterocycles. The van der Waals surface area contributed by atoms with Crippen molar-refractivity contribution in [3.05, 3.63) is 29.7 Å². The number of ether oxygens (including phenoxy) is 2. The number of hydrogen-bond donors (Lipinski definition) is 0. The number of esters is 1. The summed E-state index contributed by atoms with van der Waals surface area (Å²) in [5.74, 6) is -0.445. The molecule has 0 aliphatic carbocycles. The Hall–Kier alpha value is -0.820. The van der Waals surface area contributed by atoms with Gasteiger partial charge in [-0.3, -0.25) is 19.3 Å². The minimum Gasteiger partial charge on any atom is -0.492 e. The molecule has 6 nitrogen and oxygen atoms in total. The molecule has 0 N–H and O–H groups in total. The molecular formula is C17H17I2NO5S. The number of thioether (sulfide) groups is 1. The largest absolute Gasteiger partial charge is 0.492 e. The predicted molar refractivity (Wildman–Crippen MR) is 117 cm³/mol. The molecule has 0 radical (unpaired) electrons. The Kier molecular flexibility index (Phi) is 7.76. The van der Waals surface area contributed by atoms with Gasteiger partial charge in [-0.05, 0) is 95.9 Å². The van der Waals surface area contributed by atoms with Crippen LogP contribution in [0.5, 0.6) is 5.75 Å². The van der Waals surface area contributed by atoms with E-state index in [0.29, 0.717) is 12.4 Å². The van der Waals surface area contributed by atoms with E-state index < -0.39 is 17.1 Å². The molecule has 26 heavy (non-hydrogen) atoms. The zero-order valence-corrected chi connectivity index (χ0v) is 19.5. The average molecular weight is 601 g/mol. The van der Waals surface area contributed by atoms with Crippen LogP contribution in [-0.4, -0.2) is 41.3 Å². The lowest BCUT2D eigenvalue weighted by molar-refractivity contribution is -0.149. The fourth-order valence-corrected chi connectivity index (χ4v) is 5.07. The van der Waals surface area contributed by atoms with Crippen molar-refractivity contribution in [1.82, 2.24) is 4.90 Å². The van der Waals surface area contributed by atoms with Gasteiger partial charge in [-0.15, -0.1) is 0 Å². The lowest BCUT2D eigenvalue weighted by Gasteiger charge is -2.13. The maximum absolute atomic E-state index is 12.5. The molecule has 0 atom stereocenters. The Morgan fingerprint density at radius 1 is 1.31 bits per heavy atom. The molecule has 0 bridgehead atoms. The van der Waals surface area contributed by atoms with Crippen LogP contribution in [0.25, 0.3) is 6.08 Å². The molecule has 2 rings (SSSR count). The van der Waals surface area contributed by atoms with Crippen LogP contribution in [0, 0.1) is 7.14 Å². The van der Waals surface area contributed by atoms with E-state index in [1.165, 1.54) is 0 Å². The number of amides is 2. The Morgan fingerprint density at radius 2 is 2.00 bits per heavy atom. The third kappa shape index (κ3) is 5.35. The summed E-state index contributed by atoms with van der Waals surface area (Å²) in [4.78, 5) is 37.6. The van der Waals surface area contributed by atoms with Gasteiger partial charge in [0.1, 0.15) is 12.3 Å². The van der Waals surface area contributed by atoms with Crippen LogP contribution in [-0.2, 0) is 14.3 Å². The fraction of sp³-hybridized carbons (Fsp3) is 0.353. The van der Waals surface area contributed by atoms with Crippen LogP contribution in [0.4, 0.5) is 4.79 Å². The van der Waals surface area contributed by atoms with Crippen LogP contribution in [0.3, 0.4) is 0 Å². The zero-order valence-electron chi connectivity index (χ0n) is 14.4. The van der Waals surface area contributed by atoms with Crippen molar-refractivity contribution in [2.75, 3.05) is 13.2 Å². The monoisotopic (exact) mass is 601 g/mol. The van der Waals surface area contributed by atoms with Gasteiger partial charge in [0, 0.05) is 9.13 Å². The van der Waals surface area contributed by atoms with Crippen molar-refractivity contribution < 1.29 is 23.9 Å². The summed E-state index contributed by atoms with van der Waals surface area (Å²) in [7, 11) is 0. The van der Waals surface area contributed by atoms with Gasteiger partial charge in [-0.1, -0.05) is 0 Å². The number of benzene rings is 1. The highest BCUT2D eigenvalue weighted by Crippen LogP contribution is 2.36. The van der Waals surface area contributed by atoms with Crippen LogP contribution in [0.2, 0.25) is 0 Å². The second-order valence-corrected chi connectivity index (χ2v) is 8.95. The number of hydrogen-bond acceptors (Lipinski definition) is 6. The van der Waals surface area contributed by atoms with Crippen molar-refractivity contribution in [2.24, 2.45) is 0 Å². The molecule has 1 fully saturated rings. The first-order chi connectivity index (χ1) is 12.2. The number of halogens is 2. The molecule has 1 aliphatic rings. The first kappa shape index (κ1) is 21.5.